The number of aromatic nitrogens is 2. The van der Waals surface area contributed by atoms with E-state index in [0.29, 0.717) is 0 Å². The van der Waals surface area contributed by atoms with Crippen molar-refractivity contribution in [1.82, 2.24) is 9.97 Å². The van der Waals surface area contributed by atoms with Crippen LogP contribution in [-0.2, 0) is 10.0 Å². The molecule has 2 aromatic rings. The van der Waals surface area contributed by atoms with Crippen molar-refractivity contribution in [3.63, 3.8) is 0 Å². The Labute approximate surface area is 116 Å². The standard InChI is InChI=1S/C12H13N3O4S/c1-18-10-8-11(19-2)14-12(13-10)15-20(16,17)9-6-4-3-5-7-9/h3-8H,1-2H3,(H,13,14,15). The number of methoxy groups -OCH3 is 2. The van der Waals surface area contributed by atoms with Crippen LogP contribution in [0.15, 0.2) is 41.3 Å². The van der Waals surface area contributed by atoms with Crippen LogP contribution in [0.1, 0.15) is 0 Å². The lowest BCUT2D eigenvalue weighted by Crippen LogP contribution is -2.15. The van der Waals surface area contributed by atoms with Gasteiger partial charge in [-0.3, -0.25) is 0 Å². The summed E-state index contributed by atoms with van der Waals surface area (Å²) >= 11 is 0. The molecule has 8 heteroatoms. The topological polar surface area (TPSA) is 90.4 Å². The van der Waals surface area contributed by atoms with E-state index in [1.165, 1.54) is 32.4 Å². The maximum Gasteiger partial charge on any atom is 0.264 e. The highest BCUT2D eigenvalue weighted by Gasteiger charge is 2.16. The molecule has 0 saturated heterocycles. The molecule has 1 heterocycles. The van der Waals surface area contributed by atoms with Gasteiger partial charge in [0.1, 0.15) is 0 Å². The molecule has 106 valence electrons. The third kappa shape index (κ3) is 3.15. The van der Waals surface area contributed by atoms with Crippen molar-refractivity contribution < 1.29 is 17.9 Å². The summed E-state index contributed by atoms with van der Waals surface area (Å²) in [5, 5.41) is 0. The van der Waals surface area contributed by atoms with Crippen LogP contribution in [0.3, 0.4) is 0 Å². The minimum absolute atomic E-state index is 0.116. The van der Waals surface area contributed by atoms with Gasteiger partial charge in [0, 0.05) is 0 Å². The summed E-state index contributed by atoms with van der Waals surface area (Å²) in [4.78, 5) is 7.93. The van der Waals surface area contributed by atoms with E-state index >= 15 is 0 Å². The second-order valence-electron chi connectivity index (χ2n) is 3.69. The number of anilines is 1. The monoisotopic (exact) mass is 295 g/mol. The van der Waals surface area contributed by atoms with Crippen LogP contribution in [0.5, 0.6) is 11.8 Å². The van der Waals surface area contributed by atoms with Crippen LogP contribution in [0, 0.1) is 0 Å². The van der Waals surface area contributed by atoms with E-state index in [-0.39, 0.29) is 22.6 Å². The van der Waals surface area contributed by atoms with Crippen molar-refractivity contribution in [2.24, 2.45) is 0 Å². The normalized spacial score (nSPS) is 10.9. The molecule has 1 aromatic heterocycles. The smallest absolute Gasteiger partial charge is 0.264 e. The van der Waals surface area contributed by atoms with Crippen molar-refractivity contribution >= 4 is 16.0 Å². The number of rotatable bonds is 5. The Balaban J connectivity index is 2.34. The SMILES string of the molecule is COc1cc(OC)nc(NS(=O)(=O)c2ccccc2)n1. The second-order valence-corrected chi connectivity index (χ2v) is 5.38. The molecule has 0 saturated carbocycles. The predicted molar refractivity (Wildman–Crippen MR) is 72.4 cm³/mol. The van der Waals surface area contributed by atoms with E-state index in [1.807, 2.05) is 0 Å². The molecule has 0 aliphatic carbocycles. The number of sulfonamides is 1. The van der Waals surface area contributed by atoms with Crippen LogP contribution in [0.2, 0.25) is 0 Å². The Morgan fingerprint density at radius 3 is 2.05 bits per heavy atom. The van der Waals surface area contributed by atoms with Crippen LogP contribution in [0.25, 0.3) is 0 Å². The largest absolute Gasteiger partial charge is 0.481 e. The summed E-state index contributed by atoms with van der Waals surface area (Å²) < 4.78 is 36.4. The molecule has 0 bridgehead atoms. The zero-order valence-corrected chi connectivity index (χ0v) is 11.7. The molecule has 1 N–H and O–H groups in total. The second kappa shape index (κ2) is 5.74. The first kappa shape index (κ1) is 14.1. The molecular formula is C12H13N3O4S. The molecule has 2 rings (SSSR count). The van der Waals surface area contributed by atoms with Crippen molar-refractivity contribution in [3.05, 3.63) is 36.4 Å². The molecule has 20 heavy (non-hydrogen) atoms. The fraction of sp³-hybridized carbons (Fsp3) is 0.167. The first-order valence-corrected chi connectivity index (χ1v) is 7.08. The van der Waals surface area contributed by atoms with Gasteiger partial charge >= 0.3 is 0 Å². The lowest BCUT2D eigenvalue weighted by Gasteiger charge is -2.09. The summed E-state index contributed by atoms with van der Waals surface area (Å²) in [6.07, 6.45) is 0. The van der Waals surface area contributed by atoms with Gasteiger partial charge in [-0.2, -0.15) is 9.97 Å². The van der Waals surface area contributed by atoms with Crippen molar-refractivity contribution in [1.29, 1.82) is 0 Å². The number of benzene rings is 1. The lowest BCUT2D eigenvalue weighted by molar-refractivity contribution is 0.373. The quantitative estimate of drug-likeness (QED) is 0.894. The van der Waals surface area contributed by atoms with Gasteiger partial charge in [0.05, 0.1) is 25.2 Å². The average Bonchev–Trinajstić information content (AvgIpc) is 2.47. The Kier molecular flexibility index (Phi) is 4.04. The van der Waals surface area contributed by atoms with Gasteiger partial charge in [-0.15, -0.1) is 0 Å². The van der Waals surface area contributed by atoms with Crippen molar-refractivity contribution in [2.75, 3.05) is 18.9 Å². The third-order valence-electron chi connectivity index (χ3n) is 2.38. The van der Waals surface area contributed by atoms with Crippen molar-refractivity contribution in [2.45, 2.75) is 4.90 Å². The zero-order chi connectivity index (χ0) is 14.6. The summed E-state index contributed by atoms with van der Waals surface area (Å²) in [6, 6.07) is 9.37. The highest BCUT2D eigenvalue weighted by atomic mass is 32.2. The van der Waals surface area contributed by atoms with E-state index in [9.17, 15) is 8.42 Å². The maximum atomic E-state index is 12.1. The maximum absolute atomic E-state index is 12.1. The number of hydrogen-bond donors (Lipinski definition) is 1. The van der Waals surface area contributed by atoms with Gasteiger partial charge < -0.3 is 9.47 Å². The third-order valence-corrected chi connectivity index (χ3v) is 3.72. The Bertz CT molecular complexity index is 667. The molecule has 0 aliphatic rings. The molecule has 7 nitrogen and oxygen atoms in total. The fourth-order valence-corrected chi connectivity index (χ4v) is 2.40. The number of hydrogen-bond acceptors (Lipinski definition) is 6. The highest BCUT2D eigenvalue weighted by Crippen LogP contribution is 2.19. The van der Waals surface area contributed by atoms with Gasteiger partial charge in [-0.05, 0) is 12.1 Å². The summed E-state index contributed by atoms with van der Waals surface area (Å²) in [7, 11) is -0.922. The number of nitrogens with one attached hydrogen (secondary N) is 1. The highest BCUT2D eigenvalue weighted by molar-refractivity contribution is 7.92. The summed E-state index contributed by atoms with van der Waals surface area (Å²) in [6.45, 7) is 0. The van der Waals surface area contributed by atoms with E-state index in [1.54, 1.807) is 18.2 Å². The lowest BCUT2D eigenvalue weighted by atomic mass is 10.4. The van der Waals surface area contributed by atoms with Crippen LogP contribution >= 0.6 is 0 Å². The summed E-state index contributed by atoms with van der Waals surface area (Å²) in [5.41, 5.74) is 0. The van der Waals surface area contributed by atoms with Gasteiger partial charge in [-0.25, -0.2) is 13.1 Å². The Hall–Kier alpha value is -2.35. The van der Waals surface area contributed by atoms with Gasteiger partial charge in [0.25, 0.3) is 10.0 Å². The molecule has 0 fully saturated rings. The average molecular weight is 295 g/mol. The van der Waals surface area contributed by atoms with E-state index in [0.717, 1.165) is 0 Å². The Morgan fingerprint density at radius 2 is 1.55 bits per heavy atom. The minimum Gasteiger partial charge on any atom is -0.481 e. The first-order valence-electron chi connectivity index (χ1n) is 5.60. The van der Waals surface area contributed by atoms with Crippen LogP contribution in [-0.4, -0.2) is 32.6 Å². The van der Waals surface area contributed by atoms with Gasteiger partial charge in [0.2, 0.25) is 17.7 Å². The van der Waals surface area contributed by atoms with Crippen LogP contribution < -0.4 is 14.2 Å². The van der Waals surface area contributed by atoms with Crippen molar-refractivity contribution in [3.8, 4) is 11.8 Å². The predicted octanol–water partition coefficient (Wildman–Crippen LogP) is 1.29. The van der Waals surface area contributed by atoms with E-state index in [4.69, 9.17) is 9.47 Å². The molecule has 0 atom stereocenters. The molecular weight excluding hydrogens is 282 g/mol. The van der Waals surface area contributed by atoms with Crippen LogP contribution in [0.4, 0.5) is 5.95 Å². The molecule has 0 unspecified atom stereocenters. The Morgan fingerprint density at radius 1 is 1.00 bits per heavy atom. The molecule has 0 radical (unpaired) electrons. The van der Waals surface area contributed by atoms with E-state index < -0.39 is 10.0 Å². The zero-order valence-electron chi connectivity index (χ0n) is 10.9. The number of ether oxygens (including phenoxy) is 2. The minimum atomic E-state index is -3.75. The fourth-order valence-electron chi connectivity index (χ4n) is 1.44. The van der Waals surface area contributed by atoms with E-state index in [2.05, 4.69) is 14.7 Å². The molecule has 0 spiro atoms. The number of nitrogens with zero attached hydrogens (tertiary/aromatic N) is 2. The molecule has 0 aliphatic heterocycles. The van der Waals surface area contributed by atoms with Gasteiger partial charge in [-0.1, -0.05) is 18.2 Å². The first-order chi connectivity index (χ1) is 9.55. The molecule has 0 amide bonds. The summed E-state index contributed by atoms with van der Waals surface area (Å²) in [5.74, 6) is 0.273. The molecule has 1 aromatic carbocycles. The van der Waals surface area contributed by atoms with Gasteiger partial charge in [0.15, 0.2) is 0 Å².